The van der Waals surface area contributed by atoms with Gasteiger partial charge in [0.05, 0.1) is 33.0 Å². The van der Waals surface area contributed by atoms with Crippen LogP contribution in [0, 0.1) is 18.3 Å². The maximum Gasteiger partial charge on any atom is 0.321 e. The number of benzene rings is 1. The lowest BCUT2D eigenvalue weighted by Gasteiger charge is -2.05. The van der Waals surface area contributed by atoms with Gasteiger partial charge in [-0.1, -0.05) is 29.0 Å². The van der Waals surface area contributed by atoms with Crippen LogP contribution in [0.25, 0.3) is 10.4 Å². The number of urea groups is 1. The molecule has 7 nitrogen and oxygen atoms in total. The summed E-state index contributed by atoms with van der Waals surface area (Å²) in [7, 11) is -3.46. The van der Waals surface area contributed by atoms with Gasteiger partial charge in [-0.3, -0.25) is 5.32 Å². The van der Waals surface area contributed by atoms with E-state index in [4.69, 9.17) is 16.9 Å². The van der Waals surface area contributed by atoms with Crippen LogP contribution in [0.15, 0.2) is 23.1 Å². The van der Waals surface area contributed by atoms with Gasteiger partial charge in [0.25, 0.3) is 0 Å². The number of hydrogen-bond acceptors (Lipinski definition) is 6. The first-order valence-electron chi connectivity index (χ1n) is 7.11. The zero-order valence-corrected chi connectivity index (χ0v) is 15.8. The fraction of sp³-hybridized carbons (Fsp3) is 0.267. The number of carbonyl (C=O) groups is 1. The number of thiazole rings is 1. The van der Waals surface area contributed by atoms with Crippen molar-refractivity contribution in [2.45, 2.75) is 18.2 Å². The summed E-state index contributed by atoms with van der Waals surface area (Å²) in [4.78, 5) is 16.8. The van der Waals surface area contributed by atoms with Crippen LogP contribution in [0.5, 0.6) is 0 Å². The Bertz CT molecular complexity index is 948. The van der Waals surface area contributed by atoms with E-state index in [1.54, 1.807) is 13.0 Å². The molecular weight excluding hydrogens is 384 g/mol. The fourth-order valence-corrected chi connectivity index (χ4v) is 4.28. The molecule has 0 saturated heterocycles. The van der Waals surface area contributed by atoms with Crippen LogP contribution in [0.2, 0.25) is 5.02 Å². The van der Waals surface area contributed by atoms with Crippen LogP contribution >= 0.6 is 22.9 Å². The Morgan fingerprint density at radius 2 is 2.16 bits per heavy atom. The molecule has 2 rings (SSSR count). The molecule has 0 atom stereocenters. The van der Waals surface area contributed by atoms with Crippen LogP contribution in [0.3, 0.4) is 0 Å². The Kier molecular flexibility index (Phi) is 6.00. The number of aryl methyl sites for hydroxylation is 1. The summed E-state index contributed by atoms with van der Waals surface area (Å²) in [5, 5.41) is 14.1. The Hall–Kier alpha value is -2.15. The van der Waals surface area contributed by atoms with Gasteiger partial charge in [-0.25, -0.2) is 18.2 Å². The van der Waals surface area contributed by atoms with Crippen LogP contribution in [0.1, 0.15) is 12.1 Å². The third-order valence-electron chi connectivity index (χ3n) is 3.13. The van der Waals surface area contributed by atoms with E-state index < -0.39 is 15.9 Å². The van der Waals surface area contributed by atoms with Gasteiger partial charge >= 0.3 is 6.03 Å². The summed E-state index contributed by atoms with van der Waals surface area (Å²) in [5.41, 5.74) is 1.30. The predicted octanol–water partition coefficient (Wildman–Crippen LogP) is 3.21. The van der Waals surface area contributed by atoms with Crippen molar-refractivity contribution < 1.29 is 13.2 Å². The molecule has 0 aliphatic heterocycles. The Labute approximate surface area is 154 Å². The van der Waals surface area contributed by atoms with Gasteiger partial charge < -0.3 is 5.32 Å². The van der Waals surface area contributed by atoms with Crippen LogP contribution in [0.4, 0.5) is 9.93 Å². The number of hydrogen-bond donors (Lipinski definition) is 2. The smallest absolute Gasteiger partial charge is 0.321 e. The van der Waals surface area contributed by atoms with Crippen molar-refractivity contribution in [3.8, 4) is 16.5 Å². The number of nitrogens with one attached hydrogen (secondary N) is 2. The van der Waals surface area contributed by atoms with Gasteiger partial charge in [-0.2, -0.15) is 5.26 Å². The van der Waals surface area contributed by atoms with Gasteiger partial charge in [0.2, 0.25) is 0 Å². The maximum absolute atomic E-state index is 11.8. The predicted molar refractivity (Wildman–Crippen MR) is 97.7 cm³/mol. The molecule has 2 aromatic rings. The van der Waals surface area contributed by atoms with Crippen molar-refractivity contribution in [1.29, 1.82) is 5.26 Å². The summed E-state index contributed by atoms with van der Waals surface area (Å²) in [6, 6.07) is 6.19. The van der Waals surface area contributed by atoms with E-state index in [1.807, 2.05) is 6.07 Å². The summed E-state index contributed by atoms with van der Waals surface area (Å²) in [6.45, 7) is 2.01. The van der Waals surface area contributed by atoms with E-state index in [9.17, 15) is 13.2 Å². The number of aromatic nitrogens is 1. The first kappa shape index (κ1) is 19.2. The van der Waals surface area contributed by atoms with Crippen molar-refractivity contribution >= 4 is 43.9 Å². The Morgan fingerprint density at radius 1 is 1.44 bits per heavy atom. The molecule has 0 spiro atoms. The third kappa shape index (κ3) is 4.92. The van der Waals surface area contributed by atoms with Crippen molar-refractivity contribution in [2.24, 2.45) is 0 Å². The average molecular weight is 399 g/mol. The van der Waals surface area contributed by atoms with Crippen LogP contribution in [-0.4, -0.2) is 32.2 Å². The monoisotopic (exact) mass is 398 g/mol. The van der Waals surface area contributed by atoms with Gasteiger partial charge in [-0.15, -0.1) is 0 Å². The van der Waals surface area contributed by atoms with Crippen LogP contribution in [-0.2, 0) is 9.84 Å². The highest BCUT2D eigenvalue weighted by molar-refractivity contribution is 7.90. The number of halogens is 1. The molecule has 2 amide bonds. The summed E-state index contributed by atoms with van der Waals surface area (Å²) < 4.78 is 23.6. The molecule has 0 aliphatic carbocycles. The van der Waals surface area contributed by atoms with Gasteiger partial charge in [0, 0.05) is 12.8 Å². The highest BCUT2D eigenvalue weighted by atomic mass is 35.5. The number of carbonyl (C=O) groups excluding carboxylic acids is 1. The topological polar surface area (TPSA) is 112 Å². The second kappa shape index (κ2) is 7.82. The lowest BCUT2D eigenvalue weighted by molar-refractivity contribution is 0.252. The molecule has 1 heterocycles. The molecule has 1 aromatic carbocycles. The standard InChI is InChI=1S/C15H15ClN4O3S2/c1-9-13(10-4-5-11(16)12(8-10)25(2,22)23)24-15(19-9)20-14(21)18-7-3-6-17/h4-5,8H,3,7H2,1-2H3,(H2,18,19,20,21). The van der Waals surface area contributed by atoms with Crippen molar-refractivity contribution in [1.82, 2.24) is 10.3 Å². The van der Waals surface area contributed by atoms with E-state index in [1.165, 1.54) is 23.5 Å². The number of nitriles is 1. The summed E-state index contributed by atoms with van der Waals surface area (Å²) >= 11 is 7.18. The molecule has 0 unspecified atom stereocenters. The highest BCUT2D eigenvalue weighted by Gasteiger charge is 2.17. The third-order valence-corrected chi connectivity index (χ3v) is 5.83. The zero-order chi connectivity index (χ0) is 18.6. The number of sulfone groups is 1. The lowest BCUT2D eigenvalue weighted by atomic mass is 10.2. The van der Waals surface area contributed by atoms with Crippen LogP contribution < -0.4 is 10.6 Å². The molecular formula is C15H15ClN4O3S2. The van der Waals surface area contributed by atoms with Gasteiger partial charge in [-0.05, 0) is 24.6 Å². The Morgan fingerprint density at radius 3 is 2.80 bits per heavy atom. The van der Waals surface area contributed by atoms with Gasteiger partial charge in [0.15, 0.2) is 15.0 Å². The molecule has 25 heavy (non-hydrogen) atoms. The van der Waals surface area contributed by atoms with E-state index in [0.717, 1.165) is 11.1 Å². The minimum Gasteiger partial charge on any atom is -0.337 e. The number of anilines is 1. The average Bonchev–Trinajstić information content (AvgIpc) is 2.87. The summed E-state index contributed by atoms with van der Waals surface area (Å²) in [6.07, 6.45) is 1.31. The zero-order valence-electron chi connectivity index (χ0n) is 13.5. The fourth-order valence-electron chi connectivity index (χ4n) is 2.02. The highest BCUT2D eigenvalue weighted by Crippen LogP contribution is 2.35. The minimum absolute atomic E-state index is 0.0447. The quantitative estimate of drug-likeness (QED) is 0.751. The van der Waals surface area contributed by atoms with Crippen molar-refractivity contribution in [3.63, 3.8) is 0 Å². The van der Waals surface area contributed by atoms with E-state index >= 15 is 0 Å². The number of nitrogens with zero attached hydrogens (tertiary/aromatic N) is 2. The maximum atomic E-state index is 11.8. The molecule has 0 aliphatic rings. The van der Waals surface area contributed by atoms with E-state index in [2.05, 4.69) is 15.6 Å². The molecule has 0 saturated carbocycles. The molecule has 1 aromatic heterocycles. The molecule has 0 radical (unpaired) electrons. The van der Waals surface area contributed by atoms with Crippen molar-refractivity contribution in [2.75, 3.05) is 18.1 Å². The Balaban J connectivity index is 2.26. The molecule has 2 N–H and O–H groups in total. The first-order chi connectivity index (χ1) is 11.7. The second-order valence-electron chi connectivity index (χ2n) is 5.14. The van der Waals surface area contributed by atoms with Crippen molar-refractivity contribution in [3.05, 3.63) is 28.9 Å². The number of rotatable bonds is 5. The first-order valence-corrected chi connectivity index (χ1v) is 10.2. The normalized spacial score (nSPS) is 11.0. The van der Waals surface area contributed by atoms with Gasteiger partial charge in [0.1, 0.15) is 0 Å². The lowest BCUT2D eigenvalue weighted by Crippen LogP contribution is -2.29. The molecule has 0 bridgehead atoms. The van der Waals surface area contributed by atoms with E-state index in [-0.39, 0.29) is 22.9 Å². The second-order valence-corrected chi connectivity index (χ2v) is 8.53. The SMILES string of the molecule is Cc1nc(NC(=O)NCCC#N)sc1-c1ccc(Cl)c(S(C)(=O)=O)c1. The summed E-state index contributed by atoms with van der Waals surface area (Å²) in [5.74, 6) is 0. The molecule has 132 valence electrons. The van der Waals surface area contributed by atoms with E-state index in [0.29, 0.717) is 16.4 Å². The largest absolute Gasteiger partial charge is 0.337 e. The number of amides is 2. The minimum atomic E-state index is -3.46. The molecule has 10 heteroatoms. The molecule has 0 fully saturated rings.